The molecule has 1 fully saturated rings. The lowest BCUT2D eigenvalue weighted by atomic mass is 9.94. The molecular weight excluding hydrogens is 324 g/mol. The molecule has 0 radical (unpaired) electrons. The molecule has 0 aromatic rings. The highest BCUT2D eigenvalue weighted by Gasteiger charge is 2.33. The standard InChI is InChI=1S/C17H30N4O4/c1-6-9(3)13-16(24)18-8-12(22)19-11(5)15(23)20-14(10(4)7-2)17(25)21-13/h9-11,13-14H,6-8H2,1-5H3,(H,18,24)(H,19,22)(H,20,23)(H,21,25)/t9-,10-,11-,13-,14-/m0/s1. The van der Waals surface area contributed by atoms with Gasteiger partial charge >= 0.3 is 0 Å². The number of hydrogen-bond acceptors (Lipinski definition) is 4. The molecule has 1 aliphatic heterocycles. The summed E-state index contributed by atoms with van der Waals surface area (Å²) in [5, 5.41) is 10.5. The van der Waals surface area contributed by atoms with Crippen LogP contribution in [0.15, 0.2) is 0 Å². The average Bonchev–Trinajstić information content (AvgIpc) is 2.59. The second-order valence-electron chi connectivity index (χ2n) is 6.75. The van der Waals surface area contributed by atoms with Crippen LogP contribution in [0.25, 0.3) is 0 Å². The van der Waals surface area contributed by atoms with E-state index in [9.17, 15) is 19.2 Å². The van der Waals surface area contributed by atoms with Crippen molar-refractivity contribution >= 4 is 23.6 Å². The van der Waals surface area contributed by atoms with Crippen molar-refractivity contribution in [3.63, 3.8) is 0 Å². The minimum Gasteiger partial charge on any atom is -0.345 e. The predicted octanol–water partition coefficient (Wildman–Crippen LogP) is -0.317. The fraction of sp³-hybridized carbons (Fsp3) is 0.765. The topological polar surface area (TPSA) is 116 Å². The fourth-order valence-electron chi connectivity index (χ4n) is 2.56. The molecule has 1 saturated heterocycles. The van der Waals surface area contributed by atoms with E-state index in [1.165, 1.54) is 6.92 Å². The van der Waals surface area contributed by atoms with Crippen molar-refractivity contribution in [2.75, 3.05) is 6.54 Å². The van der Waals surface area contributed by atoms with Crippen LogP contribution in [-0.4, -0.2) is 48.3 Å². The van der Waals surface area contributed by atoms with Crippen molar-refractivity contribution in [1.29, 1.82) is 0 Å². The molecule has 4 N–H and O–H groups in total. The monoisotopic (exact) mass is 354 g/mol. The summed E-state index contributed by atoms with van der Waals surface area (Å²) in [5.41, 5.74) is 0. The number of carbonyl (C=O) groups is 4. The van der Waals surface area contributed by atoms with E-state index in [1.807, 2.05) is 27.7 Å². The van der Waals surface area contributed by atoms with Gasteiger partial charge < -0.3 is 21.3 Å². The highest BCUT2D eigenvalue weighted by atomic mass is 16.2. The average molecular weight is 354 g/mol. The Bertz CT molecular complexity index is 523. The van der Waals surface area contributed by atoms with Crippen LogP contribution in [0, 0.1) is 11.8 Å². The van der Waals surface area contributed by atoms with E-state index < -0.39 is 35.8 Å². The Morgan fingerprint density at radius 1 is 0.840 bits per heavy atom. The molecule has 142 valence electrons. The van der Waals surface area contributed by atoms with Crippen LogP contribution in [-0.2, 0) is 19.2 Å². The van der Waals surface area contributed by atoms with E-state index in [0.29, 0.717) is 12.8 Å². The molecule has 25 heavy (non-hydrogen) atoms. The molecule has 8 heteroatoms. The third-order valence-corrected chi connectivity index (χ3v) is 4.78. The van der Waals surface area contributed by atoms with Gasteiger partial charge in [0.2, 0.25) is 23.6 Å². The van der Waals surface area contributed by atoms with Crippen molar-refractivity contribution in [2.45, 2.75) is 65.6 Å². The van der Waals surface area contributed by atoms with Crippen LogP contribution >= 0.6 is 0 Å². The Morgan fingerprint density at radius 3 is 1.84 bits per heavy atom. The van der Waals surface area contributed by atoms with Crippen molar-refractivity contribution in [2.24, 2.45) is 11.8 Å². The molecule has 8 nitrogen and oxygen atoms in total. The molecule has 0 aromatic heterocycles. The van der Waals surface area contributed by atoms with E-state index in [-0.39, 0.29) is 24.3 Å². The van der Waals surface area contributed by atoms with Gasteiger partial charge in [-0.15, -0.1) is 0 Å². The van der Waals surface area contributed by atoms with E-state index >= 15 is 0 Å². The summed E-state index contributed by atoms with van der Waals surface area (Å²) in [4.78, 5) is 49.3. The van der Waals surface area contributed by atoms with Gasteiger partial charge in [-0.05, 0) is 18.8 Å². The van der Waals surface area contributed by atoms with Gasteiger partial charge in [0.15, 0.2) is 0 Å². The highest BCUT2D eigenvalue weighted by Crippen LogP contribution is 2.12. The van der Waals surface area contributed by atoms with Gasteiger partial charge in [-0.1, -0.05) is 40.5 Å². The summed E-state index contributed by atoms with van der Waals surface area (Å²) in [6.45, 7) is 8.85. The first-order valence-electron chi connectivity index (χ1n) is 8.89. The summed E-state index contributed by atoms with van der Waals surface area (Å²) in [6, 6.07) is -2.32. The van der Waals surface area contributed by atoms with Crippen LogP contribution in [0.2, 0.25) is 0 Å². The lowest BCUT2D eigenvalue weighted by Crippen LogP contribution is -2.61. The summed E-state index contributed by atoms with van der Waals surface area (Å²) >= 11 is 0. The minimum atomic E-state index is -0.798. The minimum absolute atomic E-state index is 0.109. The first-order valence-corrected chi connectivity index (χ1v) is 8.89. The van der Waals surface area contributed by atoms with Crippen LogP contribution in [0.5, 0.6) is 0 Å². The van der Waals surface area contributed by atoms with Gasteiger partial charge in [0.1, 0.15) is 18.1 Å². The number of carbonyl (C=O) groups excluding carboxylic acids is 4. The molecule has 0 aromatic carbocycles. The zero-order chi connectivity index (χ0) is 19.1. The Hall–Kier alpha value is -2.12. The largest absolute Gasteiger partial charge is 0.345 e. The first kappa shape index (κ1) is 20.9. The van der Waals surface area contributed by atoms with Crippen molar-refractivity contribution in [3.05, 3.63) is 0 Å². The van der Waals surface area contributed by atoms with Gasteiger partial charge in [0.05, 0.1) is 6.54 Å². The molecule has 4 amide bonds. The van der Waals surface area contributed by atoms with Crippen LogP contribution in [0.1, 0.15) is 47.5 Å². The molecule has 0 saturated carbocycles. The maximum absolute atomic E-state index is 12.7. The summed E-state index contributed by atoms with van der Waals surface area (Å²) in [5.74, 6) is -1.90. The molecule has 0 bridgehead atoms. The second kappa shape index (κ2) is 9.39. The summed E-state index contributed by atoms with van der Waals surface area (Å²) in [7, 11) is 0. The Balaban J connectivity index is 3.14. The Morgan fingerprint density at radius 2 is 1.32 bits per heavy atom. The molecule has 0 spiro atoms. The van der Waals surface area contributed by atoms with Gasteiger partial charge in [0, 0.05) is 0 Å². The van der Waals surface area contributed by atoms with E-state index in [2.05, 4.69) is 21.3 Å². The quantitative estimate of drug-likeness (QED) is 0.554. The first-order chi connectivity index (χ1) is 11.7. The molecule has 1 aliphatic rings. The maximum atomic E-state index is 12.7. The van der Waals surface area contributed by atoms with Gasteiger partial charge in [0.25, 0.3) is 0 Å². The Kier molecular flexibility index (Phi) is 7.86. The highest BCUT2D eigenvalue weighted by molar-refractivity contribution is 5.96. The zero-order valence-electron chi connectivity index (χ0n) is 15.6. The number of hydrogen-bond donors (Lipinski definition) is 4. The van der Waals surface area contributed by atoms with Crippen molar-refractivity contribution < 1.29 is 19.2 Å². The molecule has 5 atom stereocenters. The fourth-order valence-corrected chi connectivity index (χ4v) is 2.56. The van der Waals surface area contributed by atoms with Crippen LogP contribution < -0.4 is 21.3 Å². The van der Waals surface area contributed by atoms with E-state index in [1.54, 1.807) is 0 Å². The van der Waals surface area contributed by atoms with Crippen molar-refractivity contribution in [1.82, 2.24) is 21.3 Å². The molecule has 1 rings (SSSR count). The van der Waals surface area contributed by atoms with E-state index in [4.69, 9.17) is 0 Å². The predicted molar refractivity (Wildman–Crippen MR) is 93.4 cm³/mol. The van der Waals surface area contributed by atoms with Gasteiger partial charge in [-0.25, -0.2) is 0 Å². The summed E-state index contributed by atoms with van der Waals surface area (Å²) in [6.07, 6.45) is 1.36. The Labute approximate surface area is 148 Å². The number of nitrogens with one attached hydrogen (secondary N) is 4. The van der Waals surface area contributed by atoms with Gasteiger partial charge in [-0.3, -0.25) is 19.2 Å². The molecular formula is C17H30N4O4. The number of rotatable bonds is 4. The van der Waals surface area contributed by atoms with Crippen molar-refractivity contribution in [3.8, 4) is 0 Å². The third-order valence-electron chi connectivity index (χ3n) is 4.78. The lowest BCUT2D eigenvalue weighted by Gasteiger charge is -2.30. The second-order valence-corrected chi connectivity index (χ2v) is 6.75. The molecule has 1 heterocycles. The molecule has 0 aliphatic carbocycles. The van der Waals surface area contributed by atoms with E-state index in [0.717, 1.165) is 0 Å². The van der Waals surface area contributed by atoms with Crippen LogP contribution in [0.3, 0.4) is 0 Å². The lowest BCUT2D eigenvalue weighted by molar-refractivity contribution is -0.136. The zero-order valence-corrected chi connectivity index (χ0v) is 15.6. The SMILES string of the molecule is CC[C@H](C)[C@@H]1NC(=O)[C@H](C)NC(=O)CNC(=O)[C@H]([C@@H](C)CC)NC1=O. The molecule has 0 unspecified atom stereocenters. The maximum Gasteiger partial charge on any atom is 0.243 e. The third kappa shape index (κ3) is 5.72. The number of amides is 4. The van der Waals surface area contributed by atoms with Crippen LogP contribution in [0.4, 0.5) is 0 Å². The summed E-state index contributed by atoms with van der Waals surface area (Å²) < 4.78 is 0. The normalized spacial score (nSPS) is 28.4. The smallest absolute Gasteiger partial charge is 0.243 e. The van der Waals surface area contributed by atoms with Gasteiger partial charge in [-0.2, -0.15) is 0 Å².